The first-order valence-corrected chi connectivity index (χ1v) is 18.5. The lowest BCUT2D eigenvalue weighted by Gasteiger charge is -2.46. The predicted octanol–water partition coefficient (Wildman–Crippen LogP) is 7.57. The fourth-order valence-electron chi connectivity index (χ4n) is 6.29. The van der Waals surface area contributed by atoms with Crippen LogP contribution in [-0.4, -0.2) is 67.9 Å². The summed E-state index contributed by atoms with van der Waals surface area (Å²) in [7, 11) is 1.29. The molecular formula is C44H53NO9. The van der Waals surface area contributed by atoms with Gasteiger partial charge in [-0.3, -0.25) is 0 Å². The maximum absolute atomic E-state index is 13.0. The molecule has 0 aromatic heterocycles. The van der Waals surface area contributed by atoms with Crippen molar-refractivity contribution in [3.63, 3.8) is 0 Å². The minimum atomic E-state index is -0.994. The quantitative estimate of drug-likeness (QED) is 0.103. The number of hydrogen-bond acceptors (Lipinski definition) is 9. The molecule has 4 aromatic rings. The number of benzene rings is 4. The lowest BCUT2D eigenvalue weighted by molar-refractivity contribution is -0.273. The summed E-state index contributed by atoms with van der Waals surface area (Å²) < 4.78 is 44.1. The maximum atomic E-state index is 13.0. The van der Waals surface area contributed by atoms with Gasteiger partial charge in [0.25, 0.3) is 0 Å². The summed E-state index contributed by atoms with van der Waals surface area (Å²) in [5, 5.41) is 2.69. The third kappa shape index (κ3) is 13.1. The largest absolute Gasteiger partial charge is 0.467 e. The van der Waals surface area contributed by atoms with Gasteiger partial charge in [-0.2, -0.15) is 0 Å². The molecule has 0 aliphatic carbocycles. The van der Waals surface area contributed by atoms with Gasteiger partial charge in [0.05, 0.1) is 46.2 Å². The SMILES string of the molecule is COC(=O)[C@H](CC[C@@H]1O[C@H](COCc2ccccc2)[C@H](OCc2ccccc2)[C@H](OCc2ccccc2)[C@H]1OCc1ccccc1)NC(=O)OC(C)(C)C. The summed E-state index contributed by atoms with van der Waals surface area (Å²) in [6.07, 6.45) is -3.25. The van der Waals surface area contributed by atoms with Crippen LogP contribution in [-0.2, 0) is 64.4 Å². The van der Waals surface area contributed by atoms with E-state index in [1.807, 2.05) is 121 Å². The van der Waals surface area contributed by atoms with Gasteiger partial charge in [0.2, 0.25) is 0 Å². The normalized spacial score (nSPS) is 20.5. The van der Waals surface area contributed by atoms with Crippen LogP contribution in [0, 0.1) is 0 Å². The van der Waals surface area contributed by atoms with E-state index in [1.165, 1.54) is 7.11 Å². The second kappa shape index (κ2) is 20.8. The average Bonchev–Trinajstić information content (AvgIpc) is 3.18. The molecule has 1 aliphatic rings. The van der Waals surface area contributed by atoms with Crippen molar-refractivity contribution in [3.05, 3.63) is 144 Å². The van der Waals surface area contributed by atoms with Crippen molar-refractivity contribution in [2.75, 3.05) is 13.7 Å². The van der Waals surface area contributed by atoms with Crippen LogP contribution in [0.4, 0.5) is 4.79 Å². The number of carbonyl (C=O) groups is 2. The van der Waals surface area contributed by atoms with Crippen LogP contribution in [0.1, 0.15) is 55.9 Å². The molecule has 0 saturated carbocycles. The van der Waals surface area contributed by atoms with Crippen molar-refractivity contribution in [1.29, 1.82) is 0 Å². The number of methoxy groups -OCH3 is 1. The first-order valence-electron chi connectivity index (χ1n) is 18.5. The highest BCUT2D eigenvalue weighted by Crippen LogP contribution is 2.33. The van der Waals surface area contributed by atoms with Gasteiger partial charge in [-0.05, 0) is 55.9 Å². The molecule has 0 radical (unpaired) electrons. The lowest BCUT2D eigenvalue weighted by atomic mass is 9.90. The molecule has 1 heterocycles. The summed E-state index contributed by atoms with van der Waals surface area (Å²) in [5.74, 6) is -0.595. The number of hydrogen-bond donors (Lipinski definition) is 1. The first kappa shape index (κ1) is 40.6. The Morgan fingerprint density at radius 1 is 0.630 bits per heavy atom. The number of ether oxygens (including phenoxy) is 7. The molecule has 4 aromatic carbocycles. The van der Waals surface area contributed by atoms with Gasteiger partial charge in [0, 0.05) is 0 Å². The zero-order chi connectivity index (χ0) is 38.2. The standard InChI is InChI=1S/C44H53NO9/c1-44(2,3)54-43(47)45-36(42(46)48-4)25-26-37-39(50-28-33-19-11-6-12-20-33)41(52-30-35-23-15-8-16-24-35)40(51-29-34-21-13-7-14-22-34)38(53-37)31-49-27-32-17-9-5-10-18-32/h5-24,36-41H,25-31H2,1-4H3,(H,45,47)/t36-,37-,38+,39-,40-,41+/m0/s1. The van der Waals surface area contributed by atoms with E-state index < -0.39 is 54.2 Å². The fraction of sp³-hybridized carbons (Fsp3) is 0.409. The third-order valence-corrected chi connectivity index (χ3v) is 8.90. The Kier molecular flexibility index (Phi) is 15.6. The van der Waals surface area contributed by atoms with Crippen molar-refractivity contribution >= 4 is 12.1 Å². The Bertz CT molecular complexity index is 1670. The van der Waals surface area contributed by atoms with Gasteiger partial charge in [0.1, 0.15) is 36.1 Å². The minimum absolute atomic E-state index is 0.181. The van der Waals surface area contributed by atoms with Crippen LogP contribution in [0.25, 0.3) is 0 Å². The molecule has 0 bridgehead atoms. The number of amides is 1. The lowest BCUT2D eigenvalue weighted by Crippen LogP contribution is -2.61. The Morgan fingerprint density at radius 2 is 1.06 bits per heavy atom. The highest BCUT2D eigenvalue weighted by Gasteiger charge is 2.48. The number of rotatable bonds is 18. The van der Waals surface area contributed by atoms with Crippen LogP contribution in [0.5, 0.6) is 0 Å². The Labute approximate surface area is 319 Å². The molecule has 1 amide bonds. The molecule has 5 rings (SSSR count). The molecule has 0 unspecified atom stereocenters. The molecule has 1 aliphatic heterocycles. The molecule has 1 fully saturated rings. The topological polar surface area (TPSA) is 111 Å². The zero-order valence-electron chi connectivity index (χ0n) is 31.6. The van der Waals surface area contributed by atoms with Crippen LogP contribution in [0.2, 0.25) is 0 Å². The van der Waals surface area contributed by atoms with E-state index in [1.54, 1.807) is 20.8 Å². The predicted molar refractivity (Wildman–Crippen MR) is 204 cm³/mol. The average molecular weight is 740 g/mol. The second-order valence-electron chi connectivity index (χ2n) is 14.3. The summed E-state index contributed by atoms with van der Waals surface area (Å²) in [5.41, 5.74) is 3.25. The van der Waals surface area contributed by atoms with Crippen LogP contribution >= 0.6 is 0 Å². The molecule has 1 saturated heterocycles. The van der Waals surface area contributed by atoms with Gasteiger partial charge in [-0.15, -0.1) is 0 Å². The van der Waals surface area contributed by atoms with E-state index in [9.17, 15) is 9.59 Å². The summed E-state index contributed by atoms with van der Waals surface area (Å²) in [6.45, 7) is 6.77. The second-order valence-corrected chi connectivity index (χ2v) is 14.3. The van der Waals surface area contributed by atoms with E-state index in [-0.39, 0.29) is 19.6 Å². The highest BCUT2D eigenvalue weighted by molar-refractivity contribution is 5.81. The van der Waals surface area contributed by atoms with Gasteiger partial charge in [0.15, 0.2) is 0 Å². The van der Waals surface area contributed by atoms with Crippen LogP contribution < -0.4 is 5.32 Å². The Morgan fingerprint density at radius 3 is 1.50 bits per heavy atom. The monoisotopic (exact) mass is 739 g/mol. The molecular weight excluding hydrogens is 686 g/mol. The molecule has 0 spiro atoms. The van der Waals surface area contributed by atoms with Crippen molar-refractivity contribution in [1.82, 2.24) is 5.32 Å². The molecule has 6 atom stereocenters. The molecule has 10 nitrogen and oxygen atoms in total. The first-order chi connectivity index (χ1) is 26.2. The van der Waals surface area contributed by atoms with Gasteiger partial charge < -0.3 is 38.5 Å². The number of esters is 1. The molecule has 288 valence electrons. The summed E-state index contributed by atoms with van der Waals surface area (Å²) in [4.78, 5) is 25.8. The van der Waals surface area contributed by atoms with E-state index in [0.29, 0.717) is 26.2 Å². The van der Waals surface area contributed by atoms with E-state index >= 15 is 0 Å². The summed E-state index contributed by atoms with van der Waals surface area (Å²) in [6, 6.07) is 38.7. The van der Waals surface area contributed by atoms with E-state index in [0.717, 1.165) is 22.3 Å². The van der Waals surface area contributed by atoms with Crippen molar-refractivity contribution < 1.29 is 42.7 Å². The molecule has 10 heteroatoms. The van der Waals surface area contributed by atoms with Gasteiger partial charge >= 0.3 is 12.1 Å². The maximum Gasteiger partial charge on any atom is 0.408 e. The van der Waals surface area contributed by atoms with Crippen molar-refractivity contribution in [2.24, 2.45) is 0 Å². The van der Waals surface area contributed by atoms with Crippen molar-refractivity contribution in [3.8, 4) is 0 Å². The van der Waals surface area contributed by atoms with E-state index in [2.05, 4.69) is 5.32 Å². The van der Waals surface area contributed by atoms with Crippen LogP contribution in [0.15, 0.2) is 121 Å². The van der Waals surface area contributed by atoms with E-state index in [4.69, 9.17) is 33.2 Å². The Hall–Kier alpha value is -4.58. The Balaban J connectivity index is 1.46. The van der Waals surface area contributed by atoms with Crippen molar-refractivity contribution in [2.45, 2.75) is 102 Å². The highest BCUT2D eigenvalue weighted by atomic mass is 16.6. The van der Waals surface area contributed by atoms with Gasteiger partial charge in [-0.1, -0.05) is 121 Å². The molecule has 1 N–H and O–H groups in total. The smallest absolute Gasteiger partial charge is 0.408 e. The zero-order valence-corrected chi connectivity index (χ0v) is 31.6. The number of alkyl carbamates (subject to hydrolysis) is 1. The fourth-order valence-corrected chi connectivity index (χ4v) is 6.29. The minimum Gasteiger partial charge on any atom is -0.467 e. The van der Waals surface area contributed by atoms with Gasteiger partial charge in [-0.25, -0.2) is 9.59 Å². The van der Waals surface area contributed by atoms with Crippen LogP contribution in [0.3, 0.4) is 0 Å². The number of carbonyl (C=O) groups excluding carboxylic acids is 2. The number of nitrogens with one attached hydrogen (secondary N) is 1. The third-order valence-electron chi connectivity index (χ3n) is 8.90. The summed E-state index contributed by atoms with van der Waals surface area (Å²) >= 11 is 0. The molecule has 54 heavy (non-hydrogen) atoms.